The molecule has 2 rings (SSSR count). The van der Waals surface area contributed by atoms with Crippen LogP contribution in [-0.2, 0) is 19.6 Å². The maximum atomic E-state index is 5.78. The van der Waals surface area contributed by atoms with Crippen LogP contribution in [0.1, 0.15) is 32.2 Å². The summed E-state index contributed by atoms with van der Waals surface area (Å²) < 4.78 is 8.43. The number of aromatic nitrogens is 3. The fourth-order valence-corrected chi connectivity index (χ4v) is 2.21. The van der Waals surface area contributed by atoms with E-state index in [0.29, 0.717) is 17.3 Å². The normalized spacial score (nSPS) is 11.0. The molecule has 0 atom stereocenters. The summed E-state index contributed by atoms with van der Waals surface area (Å²) in [5.74, 6) is 2.21. The van der Waals surface area contributed by atoms with Gasteiger partial charge in [0, 0.05) is 6.54 Å². The quantitative estimate of drug-likeness (QED) is 0.824. The Hall–Kier alpha value is -1.62. The molecule has 0 bridgehead atoms. The maximum absolute atomic E-state index is 5.78. The summed E-state index contributed by atoms with van der Waals surface area (Å²) in [5.41, 5.74) is 1.31. The summed E-state index contributed by atoms with van der Waals surface area (Å²) in [7, 11) is 0. The van der Waals surface area contributed by atoms with Crippen LogP contribution in [0.5, 0.6) is 5.75 Å². The predicted molar refractivity (Wildman–Crippen MR) is 82.4 cm³/mol. The molecule has 0 fully saturated rings. The van der Waals surface area contributed by atoms with E-state index in [4.69, 9.17) is 17.0 Å². The summed E-state index contributed by atoms with van der Waals surface area (Å²) in [6.07, 6.45) is 1.04. The lowest BCUT2D eigenvalue weighted by atomic mass is 10.2. The molecular formula is C15H21N3OS. The Morgan fingerprint density at radius 1 is 1.30 bits per heavy atom. The van der Waals surface area contributed by atoms with Gasteiger partial charge >= 0.3 is 0 Å². The topological polar surface area (TPSA) is 42.8 Å². The van der Waals surface area contributed by atoms with Crippen molar-refractivity contribution in [3.63, 3.8) is 0 Å². The number of H-pyrrole nitrogens is 1. The minimum absolute atomic E-state index is 0.422. The van der Waals surface area contributed by atoms with E-state index < -0.39 is 0 Å². The van der Waals surface area contributed by atoms with Crippen molar-refractivity contribution < 1.29 is 4.74 Å². The van der Waals surface area contributed by atoms with E-state index in [1.54, 1.807) is 0 Å². The Kier molecular flexibility index (Phi) is 4.95. The van der Waals surface area contributed by atoms with Crippen LogP contribution >= 0.6 is 12.2 Å². The van der Waals surface area contributed by atoms with Crippen LogP contribution in [0.25, 0.3) is 0 Å². The Morgan fingerprint density at radius 2 is 2.00 bits per heavy atom. The number of hydrogen-bond acceptors (Lipinski definition) is 3. The molecule has 4 nitrogen and oxygen atoms in total. The van der Waals surface area contributed by atoms with Crippen molar-refractivity contribution >= 4 is 12.2 Å². The highest BCUT2D eigenvalue weighted by atomic mass is 32.1. The minimum Gasteiger partial charge on any atom is -0.486 e. The molecule has 1 aromatic heterocycles. The van der Waals surface area contributed by atoms with Crippen molar-refractivity contribution in [1.82, 2.24) is 14.8 Å². The second-order valence-corrected chi connectivity index (χ2v) is 5.62. The van der Waals surface area contributed by atoms with E-state index in [1.165, 1.54) is 5.56 Å². The molecule has 0 radical (unpaired) electrons. The van der Waals surface area contributed by atoms with Crippen LogP contribution in [0.2, 0.25) is 0 Å². The van der Waals surface area contributed by atoms with E-state index in [1.807, 2.05) is 16.7 Å². The van der Waals surface area contributed by atoms with Crippen molar-refractivity contribution in [1.29, 1.82) is 0 Å². The van der Waals surface area contributed by atoms with Crippen LogP contribution in [0.15, 0.2) is 24.3 Å². The number of benzene rings is 1. The van der Waals surface area contributed by atoms with Crippen molar-refractivity contribution in [2.75, 3.05) is 0 Å². The van der Waals surface area contributed by atoms with Crippen molar-refractivity contribution in [2.45, 2.75) is 40.3 Å². The average molecular weight is 291 g/mol. The summed E-state index contributed by atoms with van der Waals surface area (Å²) in [4.78, 5) is 0. The lowest BCUT2D eigenvalue weighted by molar-refractivity contribution is 0.286. The third-order valence-corrected chi connectivity index (χ3v) is 3.40. The molecule has 0 aliphatic carbocycles. The molecule has 0 saturated carbocycles. The zero-order valence-electron chi connectivity index (χ0n) is 12.2. The van der Waals surface area contributed by atoms with Crippen molar-refractivity contribution in [2.24, 2.45) is 5.92 Å². The van der Waals surface area contributed by atoms with Gasteiger partial charge in [0.1, 0.15) is 12.4 Å². The fraction of sp³-hybridized carbons (Fsp3) is 0.467. The van der Waals surface area contributed by atoms with Crippen molar-refractivity contribution in [3.05, 3.63) is 40.4 Å². The van der Waals surface area contributed by atoms with Crippen LogP contribution in [0.3, 0.4) is 0 Å². The van der Waals surface area contributed by atoms with E-state index in [0.717, 1.165) is 24.5 Å². The van der Waals surface area contributed by atoms with Gasteiger partial charge in [-0.2, -0.15) is 5.10 Å². The molecular weight excluding hydrogens is 270 g/mol. The van der Waals surface area contributed by atoms with Gasteiger partial charge in [0.15, 0.2) is 10.6 Å². The molecule has 2 aromatic rings. The molecule has 0 aliphatic heterocycles. The Morgan fingerprint density at radius 3 is 2.60 bits per heavy atom. The lowest BCUT2D eigenvalue weighted by Gasteiger charge is -2.10. The molecule has 1 N–H and O–H groups in total. The SMILES string of the molecule is CCc1ccc(OCc2n[nH]c(=S)n2CC(C)C)cc1. The van der Waals surface area contributed by atoms with Gasteiger partial charge in [-0.1, -0.05) is 32.9 Å². The maximum Gasteiger partial charge on any atom is 0.195 e. The largest absolute Gasteiger partial charge is 0.486 e. The highest BCUT2D eigenvalue weighted by molar-refractivity contribution is 7.71. The number of nitrogens with zero attached hydrogens (tertiary/aromatic N) is 2. The van der Waals surface area contributed by atoms with Crippen LogP contribution in [0, 0.1) is 10.7 Å². The zero-order chi connectivity index (χ0) is 14.5. The third-order valence-electron chi connectivity index (χ3n) is 3.08. The first-order valence-electron chi connectivity index (χ1n) is 6.96. The van der Waals surface area contributed by atoms with Gasteiger partial charge in [0.05, 0.1) is 0 Å². The lowest BCUT2D eigenvalue weighted by Crippen LogP contribution is -2.11. The van der Waals surface area contributed by atoms with E-state index in [9.17, 15) is 0 Å². The fourth-order valence-electron chi connectivity index (χ4n) is 1.98. The highest BCUT2D eigenvalue weighted by Gasteiger charge is 2.08. The van der Waals surface area contributed by atoms with Gasteiger partial charge in [0.2, 0.25) is 0 Å². The number of hydrogen-bond donors (Lipinski definition) is 1. The molecule has 1 aromatic carbocycles. The van der Waals surface area contributed by atoms with Gasteiger partial charge < -0.3 is 9.30 Å². The second-order valence-electron chi connectivity index (χ2n) is 5.24. The van der Waals surface area contributed by atoms with Crippen LogP contribution < -0.4 is 4.74 Å². The van der Waals surface area contributed by atoms with Gasteiger partial charge in [-0.3, -0.25) is 5.10 Å². The molecule has 0 unspecified atom stereocenters. The Bertz CT molecular complexity index is 598. The zero-order valence-corrected chi connectivity index (χ0v) is 13.0. The molecule has 0 aliphatic rings. The van der Waals surface area contributed by atoms with E-state index in [2.05, 4.69) is 43.1 Å². The molecule has 5 heteroatoms. The third kappa shape index (κ3) is 3.70. The molecule has 108 valence electrons. The van der Waals surface area contributed by atoms with Gasteiger partial charge in [-0.15, -0.1) is 0 Å². The Balaban J connectivity index is 2.04. The summed E-state index contributed by atoms with van der Waals surface area (Å²) in [6.45, 7) is 7.72. The number of ether oxygens (including phenoxy) is 1. The van der Waals surface area contributed by atoms with E-state index >= 15 is 0 Å². The molecule has 1 heterocycles. The average Bonchev–Trinajstić information content (AvgIpc) is 2.78. The number of aryl methyl sites for hydroxylation is 1. The first-order valence-corrected chi connectivity index (χ1v) is 7.36. The second kappa shape index (κ2) is 6.70. The monoisotopic (exact) mass is 291 g/mol. The summed E-state index contributed by atoms with van der Waals surface area (Å²) >= 11 is 5.24. The standard InChI is InChI=1S/C15H21N3OS/c1-4-12-5-7-13(8-6-12)19-10-14-16-17-15(20)18(14)9-11(2)3/h5-8,11H,4,9-10H2,1-3H3,(H,17,20). The predicted octanol–water partition coefficient (Wildman–Crippen LogP) is 3.74. The molecule has 20 heavy (non-hydrogen) atoms. The first kappa shape index (κ1) is 14.8. The molecule has 0 spiro atoms. The smallest absolute Gasteiger partial charge is 0.195 e. The number of rotatable bonds is 6. The van der Waals surface area contributed by atoms with Crippen LogP contribution in [0.4, 0.5) is 0 Å². The number of aromatic amines is 1. The molecule has 0 saturated heterocycles. The van der Waals surface area contributed by atoms with Gasteiger partial charge in [-0.05, 0) is 42.3 Å². The first-order chi connectivity index (χ1) is 9.60. The minimum atomic E-state index is 0.422. The highest BCUT2D eigenvalue weighted by Crippen LogP contribution is 2.14. The van der Waals surface area contributed by atoms with Gasteiger partial charge in [-0.25, -0.2) is 0 Å². The van der Waals surface area contributed by atoms with Crippen LogP contribution in [-0.4, -0.2) is 14.8 Å². The molecule has 0 amide bonds. The van der Waals surface area contributed by atoms with Crippen molar-refractivity contribution in [3.8, 4) is 5.75 Å². The summed E-state index contributed by atoms with van der Waals surface area (Å²) in [6, 6.07) is 8.15. The Labute approximate surface area is 124 Å². The van der Waals surface area contributed by atoms with Gasteiger partial charge in [0.25, 0.3) is 0 Å². The van der Waals surface area contributed by atoms with E-state index in [-0.39, 0.29) is 0 Å². The summed E-state index contributed by atoms with van der Waals surface area (Å²) in [5, 5.41) is 7.07. The number of nitrogens with one attached hydrogen (secondary N) is 1.